The second-order valence-electron chi connectivity index (χ2n) is 15.4. The Morgan fingerprint density at radius 1 is 0.900 bits per heavy atom. The highest BCUT2D eigenvalue weighted by atomic mass is 32.2. The summed E-state index contributed by atoms with van der Waals surface area (Å²) in [4.78, 5) is 14.6. The monoisotopic (exact) mass is 681 g/mol. The van der Waals surface area contributed by atoms with E-state index in [0.29, 0.717) is 23.0 Å². The number of hydrogen-bond acceptors (Lipinski definition) is 6. The molecule has 254 valence electrons. The fourth-order valence-electron chi connectivity index (χ4n) is 7.16. The summed E-state index contributed by atoms with van der Waals surface area (Å²) < 4.78 is 32.2. The molecule has 5 nitrogen and oxygen atoms in total. The minimum Gasteiger partial charge on any atom is -0.468 e. The van der Waals surface area contributed by atoms with E-state index in [2.05, 4.69) is 106 Å². The molecule has 0 bridgehead atoms. The summed E-state index contributed by atoms with van der Waals surface area (Å²) in [6.07, 6.45) is 0.148. The van der Waals surface area contributed by atoms with Gasteiger partial charge in [-0.15, -0.1) is 0 Å². The molecule has 3 aliphatic rings. The number of aliphatic imine (C=N–C) groups is 1. The number of hydrogen-bond donors (Lipinski definition) is 0. The Hall–Kier alpha value is -4.55. The van der Waals surface area contributed by atoms with E-state index in [-0.39, 0.29) is 11.3 Å². The summed E-state index contributed by atoms with van der Waals surface area (Å²) in [7, 11) is 0. The first-order chi connectivity index (χ1) is 24.5. The average molecular weight is 682 g/mol. The first kappa shape index (κ1) is 30.3. The lowest BCUT2D eigenvalue weighted by Crippen LogP contribution is -2.41. The molecular formula is C44H45N3O2S. The molecule has 0 spiro atoms. The van der Waals surface area contributed by atoms with E-state index in [4.69, 9.17) is 19.5 Å². The molecule has 2 atom stereocenters. The van der Waals surface area contributed by atoms with Gasteiger partial charge in [0, 0.05) is 36.7 Å². The van der Waals surface area contributed by atoms with Gasteiger partial charge in [-0.3, -0.25) is 4.90 Å². The maximum Gasteiger partial charge on any atom is 0.217 e. The molecule has 0 saturated heterocycles. The number of rotatable bonds is 5. The lowest BCUT2D eigenvalue weighted by atomic mass is 9.84. The molecule has 0 saturated carbocycles. The van der Waals surface area contributed by atoms with Crippen LogP contribution < -0.4 is 9.64 Å². The number of anilines is 3. The highest BCUT2D eigenvalue weighted by molar-refractivity contribution is 7.99. The summed E-state index contributed by atoms with van der Waals surface area (Å²) in [5.74, 6) is 2.86. The number of aryl methyl sites for hydroxylation is 1. The molecule has 3 heterocycles. The number of benzene rings is 4. The molecule has 1 aliphatic carbocycles. The van der Waals surface area contributed by atoms with E-state index < -0.39 is 17.5 Å². The van der Waals surface area contributed by atoms with Gasteiger partial charge < -0.3 is 9.47 Å². The Morgan fingerprint density at radius 3 is 2.46 bits per heavy atom. The first-order valence-electron chi connectivity index (χ1n) is 18.4. The van der Waals surface area contributed by atoms with Crippen LogP contribution in [0.25, 0.3) is 0 Å². The summed E-state index contributed by atoms with van der Waals surface area (Å²) in [6.45, 7) is 18.9. The fraction of sp³-hybridized carbons (Fsp3) is 0.318. The summed E-state index contributed by atoms with van der Waals surface area (Å²) >= 11 is 1.75. The zero-order valence-electron chi connectivity index (χ0n) is 32.3. The highest BCUT2D eigenvalue weighted by Gasteiger charge is 2.59. The van der Waals surface area contributed by atoms with Crippen molar-refractivity contribution in [1.82, 2.24) is 4.98 Å². The van der Waals surface area contributed by atoms with Gasteiger partial charge in [-0.2, -0.15) is 0 Å². The van der Waals surface area contributed by atoms with E-state index in [1.54, 1.807) is 11.8 Å². The van der Waals surface area contributed by atoms with Crippen molar-refractivity contribution in [3.8, 4) is 11.5 Å². The van der Waals surface area contributed by atoms with Gasteiger partial charge in [-0.05, 0) is 127 Å². The second-order valence-corrected chi connectivity index (χ2v) is 16.5. The normalized spacial score (nSPS) is 22.1. The number of para-hydroxylation sites is 1. The zero-order chi connectivity index (χ0) is 37.0. The van der Waals surface area contributed by atoms with Crippen LogP contribution in [0.5, 0.6) is 11.5 Å². The Kier molecular flexibility index (Phi) is 6.96. The number of nitrogens with zero attached hydrogens (tertiary/aromatic N) is 3. The molecule has 8 rings (SSSR count). The van der Waals surface area contributed by atoms with Gasteiger partial charge in [0.25, 0.3) is 0 Å². The van der Waals surface area contributed by atoms with Crippen LogP contribution in [0.2, 0.25) is 0 Å². The molecule has 4 aromatic carbocycles. The van der Waals surface area contributed by atoms with Crippen LogP contribution in [0, 0.1) is 13.8 Å². The highest BCUT2D eigenvalue weighted by Crippen LogP contribution is 2.55. The fourth-order valence-corrected chi connectivity index (χ4v) is 8.20. The molecular weight excluding hydrogens is 635 g/mol. The summed E-state index contributed by atoms with van der Waals surface area (Å²) in [5, 5.41) is 0. The predicted octanol–water partition coefficient (Wildman–Crippen LogP) is 11.9. The van der Waals surface area contributed by atoms with Gasteiger partial charge in [0.15, 0.2) is 0 Å². The van der Waals surface area contributed by atoms with Crippen LogP contribution in [0.4, 0.5) is 17.2 Å². The number of fused-ring (bicyclic) bond motifs is 5. The maximum absolute atomic E-state index is 9.38. The first-order valence-corrected chi connectivity index (χ1v) is 18.2. The van der Waals surface area contributed by atoms with Crippen molar-refractivity contribution in [3.05, 3.63) is 130 Å². The van der Waals surface area contributed by atoms with Crippen molar-refractivity contribution in [2.45, 2.75) is 101 Å². The third-order valence-electron chi connectivity index (χ3n) is 10.6. The Balaban J connectivity index is 1.19. The van der Waals surface area contributed by atoms with Crippen LogP contribution in [-0.2, 0) is 22.1 Å². The molecule has 6 heteroatoms. The van der Waals surface area contributed by atoms with Crippen molar-refractivity contribution in [1.29, 1.82) is 0 Å². The van der Waals surface area contributed by atoms with Crippen molar-refractivity contribution >= 4 is 34.9 Å². The van der Waals surface area contributed by atoms with Crippen molar-refractivity contribution < 1.29 is 12.2 Å². The number of pyridine rings is 1. The van der Waals surface area contributed by atoms with E-state index in [9.17, 15) is 2.74 Å². The zero-order valence-corrected chi connectivity index (χ0v) is 31.1. The lowest BCUT2D eigenvalue weighted by Gasteiger charge is -2.33. The molecule has 2 aliphatic heterocycles. The SMILES string of the molecule is [2H]C1([2H])c2c(ccc(C)c2C)[C@@]2(C)N=C(c3cc(Oc4ccc5c(c4)N(c4cc(C(C)(C)C)ccn4)c4ccccc4S5)cc(C(C)C)c3)O[C@@]12C. The van der Waals surface area contributed by atoms with E-state index >= 15 is 0 Å². The third kappa shape index (κ3) is 5.22. The van der Waals surface area contributed by atoms with Crippen molar-refractivity contribution in [3.63, 3.8) is 0 Å². The Bertz CT molecular complexity index is 2310. The summed E-state index contributed by atoms with van der Waals surface area (Å²) in [5.41, 5.74) is 6.60. The third-order valence-corrected chi connectivity index (χ3v) is 11.7. The minimum absolute atomic E-state index is 0.0281. The molecule has 0 radical (unpaired) electrons. The smallest absolute Gasteiger partial charge is 0.217 e. The predicted molar refractivity (Wildman–Crippen MR) is 205 cm³/mol. The van der Waals surface area contributed by atoms with Crippen LogP contribution in [0.3, 0.4) is 0 Å². The largest absolute Gasteiger partial charge is 0.468 e. The van der Waals surface area contributed by atoms with Gasteiger partial charge in [0.1, 0.15) is 28.5 Å². The van der Waals surface area contributed by atoms with Crippen LogP contribution in [0.15, 0.2) is 106 Å². The van der Waals surface area contributed by atoms with Gasteiger partial charge in [0.2, 0.25) is 5.90 Å². The minimum atomic E-state index is -1.75. The molecule has 5 aromatic rings. The maximum atomic E-state index is 9.38. The van der Waals surface area contributed by atoms with Crippen molar-refractivity contribution in [2.24, 2.45) is 4.99 Å². The number of ether oxygens (including phenoxy) is 2. The molecule has 50 heavy (non-hydrogen) atoms. The topological polar surface area (TPSA) is 47.0 Å². The molecule has 0 N–H and O–H groups in total. The Morgan fingerprint density at radius 2 is 1.68 bits per heavy atom. The molecule has 0 unspecified atom stereocenters. The van der Waals surface area contributed by atoms with Crippen molar-refractivity contribution in [2.75, 3.05) is 4.90 Å². The Labute approximate surface area is 303 Å². The summed E-state index contributed by atoms with van der Waals surface area (Å²) in [6, 6.07) is 29.2. The number of aromatic nitrogens is 1. The molecule has 0 fully saturated rings. The standard InChI is InChI=1S/C44H45N3O2S/c1-26(2)29-20-30(41-46-44(9)35-16-14-27(3)28(4)34(35)25-43(44,8)49-41)22-33(21-29)48-32-15-17-39-37(24-32)47(36-12-10-11-13-38(36)50-39)40-23-31(18-19-45-40)42(5,6)7/h10-24,26H,25H2,1-9H3/t43-,44+/m0/s1/i25D2. The van der Waals surface area contributed by atoms with Gasteiger partial charge in [-0.25, -0.2) is 9.98 Å². The van der Waals surface area contributed by atoms with Gasteiger partial charge >= 0.3 is 0 Å². The molecule has 1 aromatic heterocycles. The van der Waals surface area contributed by atoms with Crippen LogP contribution in [0.1, 0.15) is 96.1 Å². The van der Waals surface area contributed by atoms with Gasteiger partial charge in [0.05, 0.1) is 11.4 Å². The van der Waals surface area contributed by atoms with Crippen LogP contribution >= 0.6 is 11.8 Å². The molecule has 0 amide bonds. The lowest BCUT2D eigenvalue weighted by molar-refractivity contribution is 0.0475. The average Bonchev–Trinajstić information content (AvgIpc) is 3.45. The second kappa shape index (κ2) is 11.5. The quantitative estimate of drug-likeness (QED) is 0.181. The van der Waals surface area contributed by atoms with E-state index in [0.717, 1.165) is 49.9 Å². The van der Waals surface area contributed by atoms with Crippen LogP contribution in [-0.4, -0.2) is 16.5 Å². The van der Waals surface area contributed by atoms with Gasteiger partial charge in [-0.1, -0.05) is 70.6 Å². The van der Waals surface area contributed by atoms with E-state index in [1.807, 2.05) is 52.1 Å². The van der Waals surface area contributed by atoms with E-state index in [1.165, 1.54) is 10.5 Å².